The van der Waals surface area contributed by atoms with E-state index in [-0.39, 0.29) is 24.7 Å². The van der Waals surface area contributed by atoms with E-state index in [1.54, 1.807) is 10.9 Å². The highest BCUT2D eigenvalue weighted by molar-refractivity contribution is 5.73. The number of nitrogens with one attached hydrogen (secondary N) is 1. The Morgan fingerprint density at radius 1 is 1.20 bits per heavy atom. The zero-order chi connectivity index (χ0) is 29.1. The predicted octanol–water partition coefficient (Wildman–Crippen LogP) is 5.87. The van der Waals surface area contributed by atoms with Gasteiger partial charge in [0.05, 0.1) is 23.5 Å². The summed E-state index contributed by atoms with van der Waals surface area (Å²) in [6.45, 7) is 6.41. The molecular weight excluding hydrogens is 529 g/mol. The second-order valence-electron chi connectivity index (χ2n) is 11.8. The molecule has 3 N–H and O–H groups in total. The Bertz CT molecular complexity index is 1370. The lowest BCUT2D eigenvalue weighted by atomic mass is 9.71. The van der Waals surface area contributed by atoms with Gasteiger partial charge in [-0.05, 0) is 85.9 Å². The van der Waals surface area contributed by atoms with Gasteiger partial charge in [-0.2, -0.15) is 18.3 Å². The van der Waals surface area contributed by atoms with Crippen molar-refractivity contribution in [3.8, 4) is 0 Å². The number of piperidine rings is 1. The summed E-state index contributed by atoms with van der Waals surface area (Å²) >= 11 is 0. The van der Waals surface area contributed by atoms with Gasteiger partial charge in [0.2, 0.25) is 5.91 Å². The minimum absolute atomic E-state index is 0.0182. The van der Waals surface area contributed by atoms with Gasteiger partial charge in [0.1, 0.15) is 6.54 Å². The van der Waals surface area contributed by atoms with Crippen LogP contribution in [0.1, 0.15) is 78.6 Å². The molecule has 1 aromatic carbocycles. The van der Waals surface area contributed by atoms with E-state index in [0.29, 0.717) is 23.9 Å². The first-order valence-corrected chi connectivity index (χ1v) is 14.5. The van der Waals surface area contributed by atoms with Crippen LogP contribution in [0.2, 0.25) is 0 Å². The molecule has 3 heterocycles. The Kier molecular flexibility index (Phi) is 8.68. The number of hydrogen-bond donors (Lipinski definition) is 2. The smallest absolute Gasteiger partial charge is 0.379 e. The molecule has 3 aromatic rings. The second-order valence-corrected chi connectivity index (χ2v) is 11.8. The molecule has 5 rings (SSSR count). The van der Waals surface area contributed by atoms with Gasteiger partial charge in [0, 0.05) is 37.1 Å². The highest BCUT2D eigenvalue weighted by atomic mass is 19.4. The van der Waals surface area contributed by atoms with E-state index in [4.69, 9.17) is 10.8 Å². The number of anilines is 1. The lowest BCUT2D eigenvalue weighted by Gasteiger charge is -2.34. The van der Waals surface area contributed by atoms with Crippen LogP contribution in [0.5, 0.6) is 0 Å². The number of hydrogen-bond acceptors (Lipinski definition) is 5. The molecule has 1 amide bonds. The van der Waals surface area contributed by atoms with Gasteiger partial charge >= 0.3 is 6.18 Å². The number of carbonyl (C=O) groups excluding carboxylic acids is 1. The fourth-order valence-electron chi connectivity index (χ4n) is 6.24. The van der Waals surface area contributed by atoms with Crippen LogP contribution < -0.4 is 11.1 Å². The fourth-order valence-corrected chi connectivity index (χ4v) is 6.24. The maximum atomic E-state index is 14.1. The van der Waals surface area contributed by atoms with E-state index in [2.05, 4.69) is 22.1 Å². The Morgan fingerprint density at radius 2 is 2.00 bits per heavy atom. The number of aromatic nitrogens is 3. The number of nitrogens with two attached hydrogens (primary N) is 1. The van der Waals surface area contributed by atoms with Crippen LogP contribution in [0.3, 0.4) is 0 Å². The molecule has 1 aliphatic heterocycles. The summed E-state index contributed by atoms with van der Waals surface area (Å²) in [5, 5.41) is 7.89. The molecular formula is C31H39F3N6O. The number of aryl methyl sites for hydroxylation is 1. The Morgan fingerprint density at radius 3 is 2.68 bits per heavy atom. The van der Waals surface area contributed by atoms with Crippen molar-refractivity contribution in [2.75, 3.05) is 18.4 Å². The first-order valence-electron chi connectivity index (χ1n) is 14.5. The van der Waals surface area contributed by atoms with Crippen molar-refractivity contribution < 1.29 is 18.0 Å². The van der Waals surface area contributed by atoms with Crippen LogP contribution in [0.15, 0.2) is 42.7 Å². The van der Waals surface area contributed by atoms with E-state index < -0.39 is 17.6 Å². The highest BCUT2D eigenvalue weighted by Crippen LogP contribution is 2.44. The summed E-state index contributed by atoms with van der Waals surface area (Å²) in [6, 6.07) is 9.07. The number of carbonyl (C=O) groups is 1. The van der Waals surface area contributed by atoms with Crippen LogP contribution in [-0.2, 0) is 30.6 Å². The van der Waals surface area contributed by atoms with Gasteiger partial charge in [-0.3, -0.25) is 19.4 Å². The minimum atomic E-state index is -4.49. The predicted molar refractivity (Wildman–Crippen MR) is 152 cm³/mol. The number of benzene rings is 1. The van der Waals surface area contributed by atoms with Gasteiger partial charge in [-0.25, -0.2) is 0 Å². The minimum Gasteiger partial charge on any atom is -0.379 e. The molecule has 2 aliphatic rings. The summed E-state index contributed by atoms with van der Waals surface area (Å²) in [5.74, 6) is 0.540. The van der Waals surface area contributed by atoms with Crippen LogP contribution in [-0.4, -0.2) is 38.7 Å². The number of amides is 1. The van der Waals surface area contributed by atoms with E-state index in [1.807, 2.05) is 37.4 Å². The van der Waals surface area contributed by atoms with Gasteiger partial charge in [0.15, 0.2) is 0 Å². The number of likely N-dealkylation sites (tertiary alicyclic amines) is 1. The van der Waals surface area contributed by atoms with Crippen molar-refractivity contribution in [3.63, 3.8) is 0 Å². The number of pyridine rings is 1. The molecule has 1 saturated heterocycles. The lowest BCUT2D eigenvalue weighted by Crippen LogP contribution is -2.33. The average molecular weight is 569 g/mol. The highest BCUT2D eigenvalue weighted by Gasteiger charge is 2.35. The summed E-state index contributed by atoms with van der Waals surface area (Å²) in [4.78, 5) is 17.9. The number of halogens is 3. The fraction of sp³-hybridized carbons (Fsp3) is 0.516. The summed E-state index contributed by atoms with van der Waals surface area (Å²) < 4.78 is 43.8. The maximum absolute atomic E-state index is 14.1. The van der Waals surface area contributed by atoms with Gasteiger partial charge < -0.3 is 11.1 Å². The molecule has 0 unspecified atom stereocenters. The van der Waals surface area contributed by atoms with Crippen molar-refractivity contribution in [1.82, 2.24) is 19.7 Å². The largest absolute Gasteiger partial charge is 0.418 e. The molecule has 0 radical (unpaired) electrons. The van der Waals surface area contributed by atoms with Gasteiger partial charge in [-0.1, -0.05) is 25.5 Å². The molecule has 0 spiro atoms. The normalized spacial score (nSPS) is 19.1. The maximum Gasteiger partial charge on any atom is 0.418 e. The van der Waals surface area contributed by atoms with Crippen LogP contribution >= 0.6 is 0 Å². The third-order valence-corrected chi connectivity index (χ3v) is 8.40. The summed E-state index contributed by atoms with van der Waals surface area (Å²) in [7, 11) is 0. The Hall–Kier alpha value is -3.40. The zero-order valence-corrected chi connectivity index (χ0v) is 23.8. The number of alkyl halides is 3. The average Bonchev–Trinajstić information content (AvgIpc) is 3.23. The van der Waals surface area contributed by atoms with Crippen molar-refractivity contribution in [1.29, 1.82) is 0 Å². The lowest BCUT2D eigenvalue weighted by molar-refractivity contribution is -0.138. The molecule has 1 aliphatic carbocycles. The van der Waals surface area contributed by atoms with E-state index in [9.17, 15) is 18.0 Å². The molecule has 1 saturated carbocycles. The standard InChI is InChI=1S/C31H39F3N6O/c1-20-6-5-11-39(16-20)18-22-12-26(31(32,33)34)27(37-14-22)15-36-25-10-4-9-24(13-25)29(23-7-3-8-23)30-21(2)17-40(38-30)19-28(35)41/h4,9-10,12-14,17,20,23,29,36H,3,5-8,11,15-16,18-19H2,1-2H3,(H2,35,41)/t20-,29+/m0/s1. The Labute approximate surface area is 239 Å². The monoisotopic (exact) mass is 568 g/mol. The molecule has 10 heteroatoms. The van der Waals surface area contributed by atoms with E-state index >= 15 is 0 Å². The van der Waals surface area contributed by atoms with Crippen molar-refractivity contribution in [2.24, 2.45) is 17.6 Å². The third kappa shape index (κ3) is 7.09. The van der Waals surface area contributed by atoms with Gasteiger partial charge in [-0.15, -0.1) is 0 Å². The SMILES string of the molecule is Cc1cn(CC(N)=O)nc1[C@@H](c1cccc(NCc2ncc(CN3CCC[C@H](C)C3)cc2C(F)(F)F)c1)C1CCC1. The van der Waals surface area contributed by atoms with Crippen LogP contribution in [0.25, 0.3) is 0 Å². The van der Waals surface area contributed by atoms with Crippen LogP contribution in [0.4, 0.5) is 18.9 Å². The molecule has 7 nitrogen and oxygen atoms in total. The topological polar surface area (TPSA) is 89.1 Å². The zero-order valence-electron chi connectivity index (χ0n) is 23.8. The number of nitrogens with zero attached hydrogens (tertiary/aromatic N) is 4. The molecule has 220 valence electrons. The van der Waals surface area contributed by atoms with Crippen molar-refractivity contribution in [2.45, 2.75) is 77.7 Å². The number of primary amides is 1. The first-order chi connectivity index (χ1) is 19.6. The first kappa shape index (κ1) is 29.1. The second kappa shape index (κ2) is 12.2. The molecule has 41 heavy (non-hydrogen) atoms. The summed E-state index contributed by atoms with van der Waals surface area (Å²) in [6.07, 6.45) is 4.46. The van der Waals surface area contributed by atoms with E-state index in [0.717, 1.165) is 67.7 Å². The third-order valence-electron chi connectivity index (χ3n) is 8.40. The van der Waals surface area contributed by atoms with Crippen molar-refractivity contribution in [3.05, 3.63) is 76.4 Å². The molecule has 2 atom stereocenters. The molecule has 0 bridgehead atoms. The molecule has 2 aromatic heterocycles. The molecule has 2 fully saturated rings. The van der Waals surface area contributed by atoms with Gasteiger partial charge in [0.25, 0.3) is 0 Å². The van der Waals surface area contributed by atoms with E-state index in [1.165, 1.54) is 6.07 Å². The Balaban J connectivity index is 1.34. The number of rotatable bonds is 10. The summed E-state index contributed by atoms with van der Waals surface area (Å²) in [5.41, 5.74) is 8.92. The quantitative estimate of drug-likeness (QED) is 0.320. The van der Waals surface area contributed by atoms with Crippen molar-refractivity contribution >= 4 is 11.6 Å². The van der Waals surface area contributed by atoms with Crippen LogP contribution in [0, 0.1) is 18.8 Å².